The molecule has 0 bridgehead atoms. The zero-order chi connectivity index (χ0) is 22.2. The van der Waals surface area contributed by atoms with Gasteiger partial charge in [0.25, 0.3) is 0 Å². The molecule has 0 radical (unpaired) electrons. The van der Waals surface area contributed by atoms with Gasteiger partial charge in [0.05, 0.1) is 29.9 Å². The van der Waals surface area contributed by atoms with Crippen molar-refractivity contribution < 1.29 is 14.6 Å². The first-order chi connectivity index (χ1) is 14.9. The Labute approximate surface area is 188 Å². The topological polar surface area (TPSA) is 81.4 Å². The van der Waals surface area contributed by atoms with E-state index in [0.717, 1.165) is 22.1 Å². The van der Waals surface area contributed by atoms with E-state index in [9.17, 15) is 5.11 Å². The van der Waals surface area contributed by atoms with Gasteiger partial charge in [0.1, 0.15) is 0 Å². The molecule has 31 heavy (non-hydrogen) atoms. The zero-order valence-corrected chi connectivity index (χ0v) is 19.4. The van der Waals surface area contributed by atoms with Crippen molar-refractivity contribution in [2.75, 3.05) is 31.7 Å². The third-order valence-electron chi connectivity index (χ3n) is 4.29. The van der Waals surface area contributed by atoms with Gasteiger partial charge < -0.3 is 19.9 Å². The van der Waals surface area contributed by atoms with Crippen molar-refractivity contribution >= 4 is 17.0 Å². The molecule has 1 atom stereocenters. The third-order valence-corrected chi connectivity index (χ3v) is 5.16. The maximum Gasteiger partial charge on any atom is 0.336 e. The number of nitrogens with zero attached hydrogens (tertiary/aromatic N) is 3. The van der Waals surface area contributed by atoms with E-state index in [0.29, 0.717) is 44.2 Å². The minimum absolute atomic E-state index is 0.325. The van der Waals surface area contributed by atoms with Crippen LogP contribution in [-0.2, 0) is 4.74 Å². The second kappa shape index (κ2) is 11.3. The van der Waals surface area contributed by atoms with Gasteiger partial charge in [-0.25, -0.2) is 4.68 Å². The van der Waals surface area contributed by atoms with Crippen molar-refractivity contribution in [1.82, 2.24) is 14.8 Å². The summed E-state index contributed by atoms with van der Waals surface area (Å²) in [4.78, 5) is 5.63. The van der Waals surface area contributed by atoms with Crippen molar-refractivity contribution in [3.63, 3.8) is 0 Å². The van der Waals surface area contributed by atoms with Crippen LogP contribution in [0.2, 0.25) is 0 Å². The van der Waals surface area contributed by atoms with Gasteiger partial charge in [-0.1, -0.05) is 33.8 Å². The van der Waals surface area contributed by atoms with Gasteiger partial charge in [-0.05, 0) is 47.5 Å². The van der Waals surface area contributed by atoms with Gasteiger partial charge in [-0.3, -0.25) is 0 Å². The second-order valence-electron chi connectivity index (χ2n) is 8.32. The van der Waals surface area contributed by atoms with Crippen LogP contribution < -0.4 is 10.1 Å². The number of nitrogens with one attached hydrogen (secondary N) is 1. The van der Waals surface area contributed by atoms with Gasteiger partial charge >= 0.3 is 6.01 Å². The number of ether oxygens (including phenoxy) is 2. The lowest BCUT2D eigenvalue weighted by atomic mass is 10.2. The summed E-state index contributed by atoms with van der Waals surface area (Å²) in [5.74, 6) is 1.61. The summed E-state index contributed by atoms with van der Waals surface area (Å²) >= 11 is 1.61. The van der Waals surface area contributed by atoms with Crippen LogP contribution in [0.25, 0.3) is 16.4 Å². The van der Waals surface area contributed by atoms with Crippen LogP contribution in [-0.4, -0.2) is 52.3 Å². The Kier molecular flexibility index (Phi) is 8.45. The molecule has 3 rings (SSSR count). The third kappa shape index (κ3) is 7.05. The summed E-state index contributed by atoms with van der Waals surface area (Å²) in [6, 6.07) is 12.3. The van der Waals surface area contributed by atoms with Crippen molar-refractivity contribution in [2.45, 2.75) is 33.8 Å². The number of anilines is 1. The fourth-order valence-corrected chi connectivity index (χ4v) is 3.49. The first-order valence-corrected chi connectivity index (χ1v) is 11.5. The Morgan fingerprint density at radius 3 is 2.42 bits per heavy atom. The summed E-state index contributed by atoms with van der Waals surface area (Å²) < 4.78 is 13.0. The Balaban J connectivity index is 1.67. The number of hydrogen-bond donors (Lipinski definition) is 2. The molecule has 1 unspecified atom stereocenters. The number of aliphatic hydroxyl groups excluding tert-OH is 1. The Morgan fingerprint density at radius 2 is 1.77 bits per heavy atom. The fraction of sp³-hybridized carbons (Fsp3) is 0.478. The Bertz CT molecular complexity index is 908. The van der Waals surface area contributed by atoms with Gasteiger partial charge in [0.2, 0.25) is 0 Å². The minimum Gasteiger partial charge on any atom is -0.462 e. The van der Waals surface area contributed by atoms with E-state index in [1.807, 2.05) is 41.8 Å². The van der Waals surface area contributed by atoms with Crippen LogP contribution in [0.1, 0.15) is 27.7 Å². The number of thiophene rings is 1. The normalized spacial score (nSPS) is 12.5. The van der Waals surface area contributed by atoms with E-state index in [1.54, 1.807) is 16.0 Å². The first-order valence-electron chi connectivity index (χ1n) is 10.7. The highest BCUT2D eigenvalue weighted by molar-refractivity contribution is 7.13. The second-order valence-corrected chi connectivity index (χ2v) is 9.27. The van der Waals surface area contributed by atoms with Crippen LogP contribution in [0.4, 0.5) is 5.69 Å². The molecule has 1 aromatic carbocycles. The van der Waals surface area contributed by atoms with Crippen molar-refractivity contribution in [2.24, 2.45) is 11.8 Å². The van der Waals surface area contributed by atoms with Crippen LogP contribution in [0, 0.1) is 11.8 Å². The van der Waals surface area contributed by atoms with Crippen molar-refractivity contribution in [3.05, 3.63) is 41.8 Å². The quantitative estimate of drug-likeness (QED) is 0.429. The molecule has 0 spiro atoms. The summed E-state index contributed by atoms with van der Waals surface area (Å²) in [6.07, 6.45) is -0.556. The average molecular weight is 445 g/mol. The molecule has 168 valence electrons. The largest absolute Gasteiger partial charge is 0.462 e. The predicted molar refractivity (Wildman–Crippen MR) is 125 cm³/mol. The van der Waals surface area contributed by atoms with E-state index in [-0.39, 0.29) is 0 Å². The number of benzene rings is 1. The van der Waals surface area contributed by atoms with E-state index in [4.69, 9.17) is 9.47 Å². The molecule has 0 saturated heterocycles. The van der Waals surface area contributed by atoms with E-state index in [2.05, 4.69) is 43.1 Å². The number of aromatic nitrogens is 3. The van der Waals surface area contributed by atoms with Crippen molar-refractivity contribution in [3.8, 4) is 22.4 Å². The standard InChI is InChI=1S/C23H32N4O3S/c1-16(2)13-29-15-20(28)12-24-18-7-9-19(10-8-18)27-22(21-6-5-11-31-21)25-23(26-27)30-14-17(3)4/h5-11,16-17,20,24,28H,12-15H2,1-4H3. The first kappa shape index (κ1) is 23.2. The van der Waals surface area contributed by atoms with Gasteiger partial charge in [-0.2, -0.15) is 4.98 Å². The minimum atomic E-state index is -0.556. The molecule has 0 fully saturated rings. The summed E-state index contributed by atoms with van der Waals surface area (Å²) in [6.45, 7) is 10.3. The monoisotopic (exact) mass is 444 g/mol. The van der Waals surface area contributed by atoms with Crippen LogP contribution in [0.3, 0.4) is 0 Å². The number of hydrogen-bond acceptors (Lipinski definition) is 7. The molecular formula is C23H32N4O3S. The molecular weight excluding hydrogens is 412 g/mol. The molecule has 0 aliphatic heterocycles. The van der Waals surface area contributed by atoms with E-state index < -0.39 is 6.10 Å². The van der Waals surface area contributed by atoms with Crippen LogP contribution in [0.15, 0.2) is 41.8 Å². The molecule has 7 nitrogen and oxygen atoms in total. The summed E-state index contributed by atoms with van der Waals surface area (Å²) in [5.41, 5.74) is 1.81. The predicted octanol–water partition coefficient (Wildman–Crippen LogP) is 4.48. The van der Waals surface area contributed by atoms with E-state index >= 15 is 0 Å². The Hall–Kier alpha value is -2.42. The number of rotatable bonds is 12. The molecule has 0 amide bonds. The van der Waals surface area contributed by atoms with Gasteiger partial charge in [0, 0.05) is 18.8 Å². The summed E-state index contributed by atoms with van der Waals surface area (Å²) in [7, 11) is 0. The molecule has 2 heterocycles. The Morgan fingerprint density at radius 1 is 1.03 bits per heavy atom. The highest BCUT2D eigenvalue weighted by Gasteiger charge is 2.16. The van der Waals surface area contributed by atoms with Crippen molar-refractivity contribution in [1.29, 1.82) is 0 Å². The molecule has 2 aromatic heterocycles. The highest BCUT2D eigenvalue weighted by Crippen LogP contribution is 2.28. The molecule has 2 N–H and O–H groups in total. The van der Waals surface area contributed by atoms with Gasteiger partial charge in [0.15, 0.2) is 5.82 Å². The zero-order valence-electron chi connectivity index (χ0n) is 18.6. The maximum absolute atomic E-state index is 10.1. The van der Waals surface area contributed by atoms with Crippen LogP contribution in [0.5, 0.6) is 6.01 Å². The molecule has 0 aliphatic carbocycles. The lowest BCUT2D eigenvalue weighted by Gasteiger charge is -2.14. The molecule has 0 aliphatic rings. The highest BCUT2D eigenvalue weighted by atomic mass is 32.1. The fourth-order valence-electron chi connectivity index (χ4n) is 2.80. The molecule has 8 heteroatoms. The van der Waals surface area contributed by atoms with Gasteiger partial charge in [-0.15, -0.1) is 16.4 Å². The number of aliphatic hydroxyl groups is 1. The van der Waals surface area contributed by atoms with Crippen LogP contribution >= 0.6 is 11.3 Å². The summed E-state index contributed by atoms with van der Waals surface area (Å²) in [5, 5.41) is 19.9. The van der Waals surface area contributed by atoms with E-state index in [1.165, 1.54) is 0 Å². The lowest BCUT2D eigenvalue weighted by molar-refractivity contribution is 0.0318. The molecule has 3 aromatic rings. The smallest absolute Gasteiger partial charge is 0.336 e. The maximum atomic E-state index is 10.1. The molecule has 0 saturated carbocycles. The average Bonchev–Trinajstić information content (AvgIpc) is 3.40. The lowest BCUT2D eigenvalue weighted by Crippen LogP contribution is -2.25. The SMILES string of the molecule is CC(C)COCC(O)CNc1ccc(-n2nc(OCC(C)C)nc2-c2cccs2)cc1.